The lowest BCUT2D eigenvalue weighted by Crippen LogP contribution is -2.09. The van der Waals surface area contributed by atoms with Crippen LogP contribution in [0.25, 0.3) is 0 Å². The van der Waals surface area contributed by atoms with E-state index in [4.69, 9.17) is 4.74 Å². The third kappa shape index (κ3) is 2.76. The van der Waals surface area contributed by atoms with E-state index in [-0.39, 0.29) is 0 Å². The molecule has 2 rings (SSSR count). The standard InChI is InChI=1S/C12H15N3O2S/c1-3-17-12(16)11-9(2)15(14-13-11)7-6-10-5-4-8-18-10/h4-5,8H,3,6-7H2,1-2H3. The molecule has 0 aliphatic carbocycles. The van der Waals surface area contributed by atoms with Crippen molar-refractivity contribution in [2.75, 3.05) is 6.61 Å². The number of hydrogen-bond acceptors (Lipinski definition) is 5. The van der Waals surface area contributed by atoms with Gasteiger partial charge in [-0.2, -0.15) is 0 Å². The van der Waals surface area contributed by atoms with Gasteiger partial charge >= 0.3 is 5.97 Å². The number of hydrogen-bond donors (Lipinski definition) is 0. The van der Waals surface area contributed by atoms with Crippen LogP contribution >= 0.6 is 11.3 Å². The number of thiophene rings is 1. The molecule has 0 N–H and O–H groups in total. The van der Waals surface area contributed by atoms with Gasteiger partial charge in [0.2, 0.25) is 0 Å². The van der Waals surface area contributed by atoms with Gasteiger partial charge < -0.3 is 4.74 Å². The Bertz CT molecular complexity index is 519. The van der Waals surface area contributed by atoms with E-state index in [2.05, 4.69) is 16.4 Å². The first-order valence-corrected chi connectivity index (χ1v) is 6.70. The maximum absolute atomic E-state index is 11.6. The van der Waals surface area contributed by atoms with Gasteiger partial charge in [-0.05, 0) is 25.3 Å². The highest BCUT2D eigenvalue weighted by molar-refractivity contribution is 7.09. The van der Waals surface area contributed by atoms with Gasteiger partial charge in [-0.3, -0.25) is 0 Å². The van der Waals surface area contributed by atoms with Gasteiger partial charge in [0.15, 0.2) is 5.69 Å². The van der Waals surface area contributed by atoms with Crippen LogP contribution in [0.15, 0.2) is 17.5 Å². The van der Waals surface area contributed by atoms with Crippen LogP contribution in [0.4, 0.5) is 0 Å². The highest BCUT2D eigenvalue weighted by Crippen LogP contribution is 2.11. The molecule has 5 nitrogen and oxygen atoms in total. The Morgan fingerprint density at radius 3 is 3.06 bits per heavy atom. The Morgan fingerprint density at radius 2 is 2.39 bits per heavy atom. The summed E-state index contributed by atoms with van der Waals surface area (Å²) in [6.45, 7) is 4.67. The minimum Gasteiger partial charge on any atom is -0.461 e. The van der Waals surface area contributed by atoms with Crippen molar-refractivity contribution in [3.8, 4) is 0 Å². The van der Waals surface area contributed by atoms with Crippen LogP contribution in [0.5, 0.6) is 0 Å². The number of ether oxygens (including phenoxy) is 1. The van der Waals surface area contributed by atoms with Gasteiger partial charge in [0.05, 0.1) is 12.3 Å². The summed E-state index contributed by atoms with van der Waals surface area (Å²) in [6.07, 6.45) is 0.893. The van der Waals surface area contributed by atoms with Crippen LogP contribution in [0.3, 0.4) is 0 Å². The minimum absolute atomic E-state index is 0.308. The monoisotopic (exact) mass is 265 g/mol. The largest absolute Gasteiger partial charge is 0.461 e. The molecule has 0 aliphatic rings. The number of nitrogens with zero attached hydrogens (tertiary/aromatic N) is 3. The third-order valence-electron chi connectivity index (χ3n) is 2.60. The molecule has 0 spiro atoms. The molecule has 2 heterocycles. The predicted octanol–water partition coefficient (Wildman–Crippen LogP) is 2.07. The SMILES string of the molecule is CCOC(=O)c1nnn(CCc2cccs2)c1C. The molecule has 18 heavy (non-hydrogen) atoms. The molecule has 2 aromatic rings. The van der Waals surface area contributed by atoms with Crippen molar-refractivity contribution in [1.82, 2.24) is 15.0 Å². The second-order valence-electron chi connectivity index (χ2n) is 3.80. The summed E-state index contributed by atoms with van der Waals surface area (Å²) in [5, 5.41) is 9.91. The molecule has 0 fully saturated rings. The maximum Gasteiger partial charge on any atom is 0.360 e. The number of carbonyl (C=O) groups is 1. The van der Waals surface area contributed by atoms with E-state index in [1.54, 1.807) is 22.9 Å². The van der Waals surface area contributed by atoms with Gasteiger partial charge in [0.1, 0.15) is 0 Å². The second-order valence-corrected chi connectivity index (χ2v) is 4.83. The fourth-order valence-corrected chi connectivity index (χ4v) is 2.33. The molecule has 0 bridgehead atoms. The highest BCUT2D eigenvalue weighted by Gasteiger charge is 2.17. The predicted molar refractivity (Wildman–Crippen MR) is 68.7 cm³/mol. The maximum atomic E-state index is 11.6. The van der Waals surface area contributed by atoms with E-state index < -0.39 is 5.97 Å². The highest BCUT2D eigenvalue weighted by atomic mass is 32.1. The van der Waals surface area contributed by atoms with Crippen molar-refractivity contribution in [3.63, 3.8) is 0 Å². The molecule has 0 aliphatic heterocycles. The Kier molecular flexibility index (Phi) is 4.09. The van der Waals surface area contributed by atoms with Crippen molar-refractivity contribution in [2.24, 2.45) is 0 Å². The van der Waals surface area contributed by atoms with E-state index in [0.29, 0.717) is 12.3 Å². The van der Waals surface area contributed by atoms with Crippen LogP contribution in [0.2, 0.25) is 0 Å². The topological polar surface area (TPSA) is 57.0 Å². The molecule has 0 unspecified atom stereocenters. The van der Waals surface area contributed by atoms with E-state index in [1.165, 1.54) is 4.88 Å². The molecule has 0 saturated carbocycles. The summed E-state index contributed by atoms with van der Waals surface area (Å²) < 4.78 is 6.66. The van der Waals surface area contributed by atoms with Crippen molar-refractivity contribution in [1.29, 1.82) is 0 Å². The summed E-state index contributed by atoms with van der Waals surface area (Å²) in [6, 6.07) is 4.11. The Balaban J connectivity index is 2.04. The zero-order chi connectivity index (χ0) is 13.0. The molecule has 6 heteroatoms. The minimum atomic E-state index is -0.405. The second kappa shape index (κ2) is 5.77. The van der Waals surface area contributed by atoms with Crippen molar-refractivity contribution in [2.45, 2.75) is 26.8 Å². The number of rotatable bonds is 5. The van der Waals surface area contributed by atoms with E-state index >= 15 is 0 Å². The number of aromatic nitrogens is 3. The number of esters is 1. The molecular formula is C12H15N3O2S. The molecule has 96 valence electrons. The molecule has 2 aromatic heterocycles. The third-order valence-corrected chi connectivity index (χ3v) is 3.54. The smallest absolute Gasteiger partial charge is 0.360 e. The zero-order valence-corrected chi connectivity index (χ0v) is 11.2. The van der Waals surface area contributed by atoms with Gasteiger partial charge in [0.25, 0.3) is 0 Å². The number of carbonyl (C=O) groups excluding carboxylic acids is 1. The van der Waals surface area contributed by atoms with Crippen LogP contribution in [0, 0.1) is 6.92 Å². The fourth-order valence-electron chi connectivity index (χ4n) is 1.63. The lowest BCUT2D eigenvalue weighted by atomic mass is 10.3. The molecule has 0 amide bonds. The molecule has 0 aromatic carbocycles. The normalized spacial score (nSPS) is 10.6. The van der Waals surface area contributed by atoms with Crippen LogP contribution in [0.1, 0.15) is 28.0 Å². The average molecular weight is 265 g/mol. The Labute approximate surface area is 109 Å². The molecule has 0 saturated heterocycles. The van der Waals surface area contributed by atoms with Crippen molar-refractivity contribution in [3.05, 3.63) is 33.8 Å². The molecule has 0 radical (unpaired) electrons. The zero-order valence-electron chi connectivity index (χ0n) is 10.4. The molecule has 0 atom stereocenters. The first-order valence-electron chi connectivity index (χ1n) is 5.82. The van der Waals surface area contributed by atoms with Gasteiger partial charge in [-0.25, -0.2) is 9.48 Å². The van der Waals surface area contributed by atoms with Crippen LogP contribution in [-0.2, 0) is 17.7 Å². The first-order chi connectivity index (χ1) is 8.72. The van der Waals surface area contributed by atoms with Crippen molar-refractivity contribution >= 4 is 17.3 Å². The summed E-state index contributed by atoms with van der Waals surface area (Å²) in [4.78, 5) is 12.9. The van der Waals surface area contributed by atoms with E-state index in [1.807, 2.05) is 18.4 Å². The van der Waals surface area contributed by atoms with E-state index in [9.17, 15) is 4.79 Å². The Hall–Kier alpha value is -1.69. The van der Waals surface area contributed by atoms with Crippen LogP contribution < -0.4 is 0 Å². The summed E-state index contributed by atoms with van der Waals surface area (Å²) in [7, 11) is 0. The fraction of sp³-hybridized carbons (Fsp3) is 0.417. The van der Waals surface area contributed by atoms with Gasteiger partial charge in [0, 0.05) is 17.8 Å². The quantitative estimate of drug-likeness (QED) is 0.777. The number of aryl methyl sites for hydroxylation is 2. The summed E-state index contributed by atoms with van der Waals surface area (Å²) in [5.41, 5.74) is 1.06. The van der Waals surface area contributed by atoms with Gasteiger partial charge in [-0.15, -0.1) is 16.4 Å². The lowest BCUT2D eigenvalue weighted by molar-refractivity contribution is 0.0518. The molecular weight excluding hydrogens is 250 g/mol. The Morgan fingerprint density at radius 1 is 1.56 bits per heavy atom. The first kappa shape index (κ1) is 12.8. The van der Waals surface area contributed by atoms with E-state index in [0.717, 1.165) is 18.7 Å². The van der Waals surface area contributed by atoms with Gasteiger partial charge in [-0.1, -0.05) is 11.3 Å². The summed E-state index contributed by atoms with van der Waals surface area (Å²) in [5.74, 6) is -0.405. The van der Waals surface area contributed by atoms with Crippen molar-refractivity contribution < 1.29 is 9.53 Å². The summed E-state index contributed by atoms with van der Waals surface area (Å²) >= 11 is 1.72. The lowest BCUT2D eigenvalue weighted by Gasteiger charge is -2.02. The van der Waals surface area contributed by atoms with Crippen LogP contribution in [-0.4, -0.2) is 27.6 Å². The average Bonchev–Trinajstić information content (AvgIpc) is 2.96.